The fourth-order valence-corrected chi connectivity index (χ4v) is 3.01. The summed E-state index contributed by atoms with van der Waals surface area (Å²) in [5.41, 5.74) is 1.79. The summed E-state index contributed by atoms with van der Waals surface area (Å²) in [5.74, 6) is 0.130. The number of carbonyl (C=O) groups excluding carboxylic acids is 1. The average molecular weight is 266 g/mol. The molecule has 0 radical (unpaired) electrons. The van der Waals surface area contributed by atoms with E-state index in [-0.39, 0.29) is 11.9 Å². The van der Waals surface area contributed by atoms with Crippen molar-refractivity contribution in [2.24, 2.45) is 0 Å². The van der Waals surface area contributed by atoms with E-state index in [2.05, 4.69) is 12.1 Å². The lowest BCUT2D eigenvalue weighted by Crippen LogP contribution is -2.25. The van der Waals surface area contributed by atoms with E-state index < -0.39 is 5.41 Å². The third-order valence-electron chi connectivity index (χ3n) is 4.09. The standard InChI is InChI=1S/C18H18O2/c1-2-20-17(19)18(15-11-7-4-8-12-15)13-16(18)14-9-5-3-6-10-14/h3-12,16H,2,13H2,1H3/t16-,18-/m0/s1. The van der Waals surface area contributed by atoms with Crippen LogP contribution < -0.4 is 0 Å². The molecule has 0 aromatic heterocycles. The van der Waals surface area contributed by atoms with Gasteiger partial charge < -0.3 is 4.74 Å². The Morgan fingerprint density at radius 1 is 1.10 bits per heavy atom. The predicted molar refractivity (Wildman–Crippen MR) is 78.6 cm³/mol. The summed E-state index contributed by atoms with van der Waals surface area (Å²) in [6.45, 7) is 2.28. The lowest BCUT2D eigenvalue weighted by atomic mass is 9.91. The molecule has 2 atom stereocenters. The van der Waals surface area contributed by atoms with Crippen LogP contribution in [0.1, 0.15) is 30.4 Å². The summed E-state index contributed by atoms with van der Waals surface area (Å²) >= 11 is 0. The third-order valence-corrected chi connectivity index (χ3v) is 4.09. The van der Waals surface area contributed by atoms with E-state index in [4.69, 9.17) is 4.74 Å². The Morgan fingerprint density at radius 2 is 1.70 bits per heavy atom. The summed E-state index contributed by atoms with van der Waals surface area (Å²) in [7, 11) is 0. The topological polar surface area (TPSA) is 26.3 Å². The van der Waals surface area contributed by atoms with Crippen molar-refractivity contribution in [2.75, 3.05) is 6.61 Å². The van der Waals surface area contributed by atoms with Gasteiger partial charge in [0.1, 0.15) is 5.41 Å². The molecule has 1 aliphatic carbocycles. The number of ether oxygens (including phenoxy) is 1. The SMILES string of the molecule is CCOC(=O)[C@]1(c2ccccc2)C[C@H]1c1ccccc1. The molecule has 1 saturated carbocycles. The van der Waals surface area contributed by atoms with Crippen LogP contribution in [0.25, 0.3) is 0 Å². The van der Waals surface area contributed by atoms with Crippen molar-refractivity contribution >= 4 is 5.97 Å². The van der Waals surface area contributed by atoms with Gasteiger partial charge in [0.15, 0.2) is 0 Å². The number of benzene rings is 2. The van der Waals surface area contributed by atoms with Crippen LogP contribution >= 0.6 is 0 Å². The molecule has 1 aliphatic rings. The molecule has 2 aromatic rings. The van der Waals surface area contributed by atoms with Crippen molar-refractivity contribution in [1.29, 1.82) is 0 Å². The van der Waals surface area contributed by atoms with Gasteiger partial charge in [-0.1, -0.05) is 60.7 Å². The van der Waals surface area contributed by atoms with E-state index in [1.165, 1.54) is 5.56 Å². The summed E-state index contributed by atoms with van der Waals surface area (Å²) in [4.78, 5) is 12.5. The second-order valence-corrected chi connectivity index (χ2v) is 5.23. The summed E-state index contributed by atoms with van der Waals surface area (Å²) in [5, 5.41) is 0. The number of carbonyl (C=O) groups is 1. The molecular weight excluding hydrogens is 248 g/mol. The molecule has 2 aromatic carbocycles. The van der Waals surface area contributed by atoms with Crippen molar-refractivity contribution in [2.45, 2.75) is 24.7 Å². The smallest absolute Gasteiger partial charge is 0.317 e. The van der Waals surface area contributed by atoms with Crippen molar-refractivity contribution in [3.05, 3.63) is 71.8 Å². The van der Waals surface area contributed by atoms with Crippen LogP contribution in [0.2, 0.25) is 0 Å². The monoisotopic (exact) mass is 266 g/mol. The maximum Gasteiger partial charge on any atom is 0.317 e. The number of rotatable bonds is 4. The quantitative estimate of drug-likeness (QED) is 0.789. The summed E-state index contributed by atoms with van der Waals surface area (Å²) < 4.78 is 5.34. The second kappa shape index (κ2) is 5.12. The molecule has 1 fully saturated rings. The Labute approximate surface area is 119 Å². The van der Waals surface area contributed by atoms with E-state index >= 15 is 0 Å². The molecular formula is C18H18O2. The summed E-state index contributed by atoms with van der Waals surface area (Å²) in [6.07, 6.45) is 0.833. The van der Waals surface area contributed by atoms with Crippen LogP contribution in [0.4, 0.5) is 0 Å². The molecule has 3 rings (SSSR count). The van der Waals surface area contributed by atoms with Crippen molar-refractivity contribution in [3.8, 4) is 0 Å². The first-order valence-corrected chi connectivity index (χ1v) is 7.06. The van der Waals surface area contributed by atoms with Gasteiger partial charge in [-0.25, -0.2) is 0 Å². The zero-order valence-electron chi connectivity index (χ0n) is 11.6. The van der Waals surface area contributed by atoms with E-state index in [1.54, 1.807) is 0 Å². The molecule has 0 saturated heterocycles. The normalized spacial score (nSPS) is 24.1. The Hall–Kier alpha value is -2.09. The van der Waals surface area contributed by atoms with Crippen LogP contribution in [0, 0.1) is 0 Å². The Balaban J connectivity index is 1.98. The largest absolute Gasteiger partial charge is 0.465 e. The minimum Gasteiger partial charge on any atom is -0.465 e. The minimum atomic E-state index is -0.487. The molecule has 0 aliphatic heterocycles. The maximum atomic E-state index is 12.5. The highest BCUT2D eigenvalue weighted by Crippen LogP contribution is 2.61. The Morgan fingerprint density at radius 3 is 2.30 bits per heavy atom. The zero-order valence-corrected chi connectivity index (χ0v) is 11.6. The zero-order chi connectivity index (χ0) is 14.0. The lowest BCUT2D eigenvalue weighted by Gasteiger charge is -2.16. The molecule has 0 spiro atoms. The molecule has 20 heavy (non-hydrogen) atoms. The maximum absolute atomic E-state index is 12.5. The van der Waals surface area contributed by atoms with Gasteiger partial charge in [-0.05, 0) is 24.5 Å². The third kappa shape index (κ3) is 2.01. The van der Waals surface area contributed by atoms with Crippen LogP contribution in [0.5, 0.6) is 0 Å². The van der Waals surface area contributed by atoms with Gasteiger partial charge in [0.2, 0.25) is 0 Å². The molecule has 0 N–H and O–H groups in total. The van der Waals surface area contributed by atoms with Crippen molar-refractivity contribution in [1.82, 2.24) is 0 Å². The van der Waals surface area contributed by atoms with Crippen LogP contribution in [0.15, 0.2) is 60.7 Å². The van der Waals surface area contributed by atoms with Crippen LogP contribution in [0.3, 0.4) is 0 Å². The number of hydrogen-bond donors (Lipinski definition) is 0. The predicted octanol–water partition coefficient (Wildman–Crippen LogP) is 3.68. The van der Waals surface area contributed by atoms with E-state index in [9.17, 15) is 4.79 Å². The van der Waals surface area contributed by atoms with Gasteiger partial charge in [0, 0.05) is 5.92 Å². The van der Waals surface area contributed by atoms with Gasteiger partial charge in [-0.15, -0.1) is 0 Å². The molecule has 0 amide bonds. The highest BCUT2D eigenvalue weighted by molar-refractivity contribution is 5.89. The van der Waals surface area contributed by atoms with Crippen molar-refractivity contribution < 1.29 is 9.53 Å². The molecule has 2 nitrogen and oxygen atoms in total. The first-order valence-electron chi connectivity index (χ1n) is 7.06. The number of esters is 1. The molecule has 0 bridgehead atoms. The second-order valence-electron chi connectivity index (χ2n) is 5.23. The molecule has 102 valence electrons. The fraction of sp³-hybridized carbons (Fsp3) is 0.278. The van der Waals surface area contributed by atoms with E-state index in [0.717, 1.165) is 12.0 Å². The first-order chi connectivity index (χ1) is 9.79. The van der Waals surface area contributed by atoms with Gasteiger partial charge >= 0.3 is 5.97 Å². The molecule has 0 unspecified atom stereocenters. The van der Waals surface area contributed by atoms with Gasteiger partial charge in [0.25, 0.3) is 0 Å². The average Bonchev–Trinajstić information content (AvgIpc) is 3.26. The Kier molecular flexibility index (Phi) is 3.31. The molecule has 0 heterocycles. The van der Waals surface area contributed by atoms with E-state index in [1.807, 2.05) is 55.5 Å². The van der Waals surface area contributed by atoms with Gasteiger partial charge in [-0.2, -0.15) is 0 Å². The summed E-state index contributed by atoms with van der Waals surface area (Å²) in [6, 6.07) is 20.2. The van der Waals surface area contributed by atoms with E-state index in [0.29, 0.717) is 6.61 Å². The van der Waals surface area contributed by atoms with Crippen molar-refractivity contribution in [3.63, 3.8) is 0 Å². The van der Waals surface area contributed by atoms with Crippen LogP contribution in [-0.4, -0.2) is 12.6 Å². The minimum absolute atomic E-state index is 0.0972. The first kappa shape index (κ1) is 12.9. The fourth-order valence-electron chi connectivity index (χ4n) is 3.01. The van der Waals surface area contributed by atoms with Gasteiger partial charge in [-0.3, -0.25) is 4.79 Å². The lowest BCUT2D eigenvalue weighted by molar-refractivity contribution is -0.146. The van der Waals surface area contributed by atoms with Crippen LogP contribution in [-0.2, 0) is 14.9 Å². The van der Waals surface area contributed by atoms with Gasteiger partial charge in [0.05, 0.1) is 6.61 Å². The highest BCUT2D eigenvalue weighted by Gasteiger charge is 2.62. The molecule has 2 heteroatoms. The Bertz CT molecular complexity index is 591. The highest BCUT2D eigenvalue weighted by atomic mass is 16.5. The number of hydrogen-bond acceptors (Lipinski definition) is 2.